The van der Waals surface area contributed by atoms with Crippen molar-refractivity contribution in [1.29, 1.82) is 5.26 Å². The van der Waals surface area contributed by atoms with E-state index in [4.69, 9.17) is 4.84 Å². The van der Waals surface area contributed by atoms with Gasteiger partial charge in [0.05, 0.1) is 11.6 Å². The molecule has 5 nitrogen and oxygen atoms in total. The Morgan fingerprint density at radius 2 is 1.56 bits per heavy atom. The molecule has 1 fully saturated rings. The molecule has 0 N–H and O–H groups in total. The van der Waals surface area contributed by atoms with Crippen molar-refractivity contribution in [2.24, 2.45) is 0 Å². The lowest BCUT2D eigenvalue weighted by Crippen LogP contribution is -2.76. The van der Waals surface area contributed by atoms with Gasteiger partial charge >= 0.3 is 0 Å². The molecule has 1 heterocycles. The number of hydroxylamine groups is 2. The summed E-state index contributed by atoms with van der Waals surface area (Å²) < 4.78 is 0. The molecule has 1 aliphatic rings. The lowest BCUT2D eigenvalue weighted by molar-refractivity contribution is -0.323. The van der Waals surface area contributed by atoms with Gasteiger partial charge in [-0.1, -0.05) is 39.5 Å². The number of piperazine rings is 1. The number of carbonyl (C=O) groups is 1. The molecule has 0 spiro atoms. The van der Waals surface area contributed by atoms with Crippen LogP contribution in [0.15, 0.2) is 0 Å². The van der Waals surface area contributed by atoms with Crippen molar-refractivity contribution < 1.29 is 9.63 Å². The summed E-state index contributed by atoms with van der Waals surface area (Å²) in [6.45, 7) is 19.0. The van der Waals surface area contributed by atoms with E-state index in [0.29, 0.717) is 6.54 Å². The van der Waals surface area contributed by atoms with Crippen LogP contribution in [0.4, 0.5) is 0 Å². The molecule has 27 heavy (non-hydrogen) atoms. The second kappa shape index (κ2) is 8.49. The fourth-order valence-corrected chi connectivity index (χ4v) is 3.92. The molecular weight excluding hydrogens is 338 g/mol. The van der Waals surface area contributed by atoms with Crippen LogP contribution < -0.4 is 0 Å². The van der Waals surface area contributed by atoms with E-state index in [1.807, 2.05) is 9.96 Å². The van der Waals surface area contributed by atoms with Gasteiger partial charge in [-0.2, -0.15) is 10.3 Å². The van der Waals surface area contributed by atoms with Crippen LogP contribution in [0.5, 0.6) is 0 Å². The second-order valence-electron chi connectivity index (χ2n) is 10.1. The van der Waals surface area contributed by atoms with Gasteiger partial charge in [0.1, 0.15) is 5.54 Å². The molecule has 5 heteroatoms. The van der Waals surface area contributed by atoms with Crippen molar-refractivity contribution >= 4 is 5.91 Å². The molecule has 0 unspecified atom stereocenters. The Hall–Kier alpha value is -1.12. The lowest BCUT2D eigenvalue weighted by Gasteiger charge is -2.60. The number of hydrogen-bond acceptors (Lipinski definition) is 4. The molecule has 0 bridgehead atoms. The lowest BCUT2D eigenvalue weighted by atomic mass is 9.78. The molecule has 0 radical (unpaired) electrons. The van der Waals surface area contributed by atoms with Crippen molar-refractivity contribution in [3.8, 4) is 6.07 Å². The average Bonchev–Trinajstić information content (AvgIpc) is 2.56. The van der Waals surface area contributed by atoms with Gasteiger partial charge in [-0.3, -0.25) is 9.63 Å². The molecule has 1 rings (SSSR count). The highest BCUT2D eigenvalue weighted by atomic mass is 16.7. The molecule has 0 aromatic heterocycles. The molecular formula is C22H41N3O2. The van der Waals surface area contributed by atoms with E-state index in [1.165, 1.54) is 0 Å². The predicted octanol–water partition coefficient (Wildman–Crippen LogP) is 5.06. The van der Waals surface area contributed by atoms with Gasteiger partial charge in [-0.25, -0.2) is 0 Å². The minimum absolute atomic E-state index is 0.143. The molecule has 0 atom stereocenters. The monoisotopic (exact) mass is 379 g/mol. The van der Waals surface area contributed by atoms with E-state index in [2.05, 4.69) is 54.5 Å². The third-order valence-electron chi connectivity index (χ3n) is 5.41. The smallest absolute Gasteiger partial charge is 0.245 e. The van der Waals surface area contributed by atoms with Gasteiger partial charge in [0.2, 0.25) is 5.91 Å². The van der Waals surface area contributed by atoms with E-state index in [0.717, 1.165) is 38.5 Å². The summed E-state index contributed by atoms with van der Waals surface area (Å²) in [5, 5.41) is 11.5. The summed E-state index contributed by atoms with van der Waals surface area (Å²) in [6, 6.07) is 2.24. The van der Waals surface area contributed by atoms with Crippen molar-refractivity contribution in [2.45, 2.75) is 123 Å². The summed E-state index contributed by atoms with van der Waals surface area (Å²) in [5.41, 5.74) is -2.36. The standard InChI is InChI=1S/C22H41N3O2/c1-10-12-14-22(15-13-11-2)18(26)24(19(3,4)5)17-20(6,7)25(22)27-21(8,9)16-23/h10-15,17H2,1-9H3. The van der Waals surface area contributed by atoms with E-state index in [-0.39, 0.29) is 11.4 Å². The molecule has 0 aromatic carbocycles. The van der Waals surface area contributed by atoms with E-state index in [9.17, 15) is 10.1 Å². The molecule has 1 aliphatic heterocycles. The van der Waals surface area contributed by atoms with Crippen LogP contribution in [0.3, 0.4) is 0 Å². The van der Waals surface area contributed by atoms with Crippen molar-refractivity contribution in [3.05, 3.63) is 0 Å². The number of nitrogens with zero attached hydrogens (tertiary/aromatic N) is 3. The van der Waals surface area contributed by atoms with Crippen LogP contribution in [0.25, 0.3) is 0 Å². The van der Waals surface area contributed by atoms with Crippen LogP contribution in [0.1, 0.15) is 101 Å². The van der Waals surface area contributed by atoms with E-state index < -0.39 is 16.7 Å². The highest BCUT2D eigenvalue weighted by Crippen LogP contribution is 2.43. The molecule has 156 valence electrons. The van der Waals surface area contributed by atoms with Gasteiger partial charge in [-0.15, -0.1) is 0 Å². The Morgan fingerprint density at radius 3 is 1.93 bits per heavy atom. The molecule has 1 saturated heterocycles. The van der Waals surface area contributed by atoms with Crippen LogP contribution in [-0.2, 0) is 9.63 Å². The second-order valence-corrected chi connectivity index (χ2v) is 10.1. The zero-order valence-electron chi connectivity index (χ0n) is 19.1. The van der Waals surface area contributed by atoms with Gasteiger partial charge in [-0.05, 0) is 61.3 Å². The minimum atomic E-state index is -0.981. The summed E-state index contributed by atoms with van der Waals surface area (Å²) in [4.78, 5) is 22.2. The number of nitriles is 1. The molecule has 1 amide bonds. The van der Waals surface area contributed by atoms with E-state index >= 15 is 0 Å². The maximum Gasteiger partial charge on any atom is 0.245 e. The maximum atomic E-state index is 13.9. The number of amides is 1. The highest BCUT2D eigenvalue weighted by molar-refractivity contribution is 5.88. The molecule has 0 aliphatic carbocycles. The third kappa shape index (κ3) is 5.23. The van der Waals surface area contributed by atoms with Crippen LogP contribution in [0.2, 0.25) is 0 Å². The first-order chi connectivity index (χ1) is 12.3. The number of hydrogen-bond donors (Lipinski definition) is 0. The first-order valence-corrected chi connectivity index (χ1v) is 10.5. The van der Waals surface area contributed by atoms with Crippen LogP contribution in [0, 0.1) is 11.3 Å². The quantitative estimate of drug-likeness (QED) is 0.591. The molecule has 0 saturated carbocycles. The van der Waals surface area contributed by atoms with Gasteiger partial charge in [0, 0.05) is 12.1 Å². The normalized spacial score (nSPS) is 20.6. The minimum Gasteiger partial charge on any atom is -0.334 e. The Kier molecular flexibility index (Phi) is 7.52. The maximum absolute atomic E-state index is 13.9. The SMILES string of the molecule is CCCCC1(CCCC)C(=O)N(C(C)(C)C)CC(C)(C)N1OC(C)(C)C#N. The Balaban J connectivity index is 3.56. The van der Waals surface area contributed by atoms with E-state index in [1.54, 1.807) is 13.8 Å². The zero-order valence-corrected chi connectivity index (χ0v) is 19.1. The largest absolute Gasteiger partial charge is 0.334 e. The van der Waals surface area contributed by atoms with Crippen molar-refractivity contribution in [2.75, 3.05) is 6.54 Å². The highest BCUT2D eigenvalue weighted by Gasteiger charge is 2.58. The summed E-state index contributed by atoms with van der Waals surface area (Å²) in [5.74, 6) is 0.143. The first-order valence-electron chi connectivity index (χ1n) is 10.5. The average molecular weight is 380 g/mol. The Morgan fingerprint density at radius 1 is 1.07 bits per heavy atom. The Labute approximate surface area is 167 Å². The summed E-state index contributed by atoms with van der Waals surface area (Å²) in [7, 11) is 0. The van der Waals surface area contributed by atoms with Crippen LogP contribution in [-0.4, -0.2) is 44.6 Å². The number of rotatable bonds is 8. The van der Waals surface area contributed by atoms with Gasteiger partial charge < -0.3 is 4.90 Å². The van der Waals surface area contributed by atoms with Gasteiger partial charge in [0.25, 0.3) is 0 Å². The topological polar surface area (TPSA) is 56.6 Å². The summed E-state index contributed by atoms with van der Waals surface area (Å²) in [6.07, 6.45) is 5.45. The van der Waals surface area contributed by atoms with Crippen LogP contribution >= 0.6 is 0 Å². The fourth-order valence-electron chi connectivity index (χ4n) is 3.92. The molecule has 0 aromatic rings. The third-order valence-corrected chi connectivity index (χ3v) is 5.41. The zero-order chi connectivity index (χ0) is 21.1. The predicted molar refractivity (Wildman–Crippen MR) is 110 cm³/mol. The van der Waals surface area contributed by atoms with Gasteiger partial charge in [0.15, 0.2) is 5.60 Å². The number of unbranched alkanes of at least 4 members (excludes halogenated alkanes) is 2. The fraction of sp³-hybridized carbons (Fsp3) is 0.909. The first kappa shape index (κ1) is 23.9. The summed E-state index contributed by atoms with van der Waals surface area (Å²) >= 11 is 0. The van der Waals surface area contributed by atoms with Crippen molar-refractivity contribution in [3.63, 3.8) is 0 Å². The Bertz CT molecular complexity index is 547. The van der Waals surface area contributed by atoms with Crippen molar-refractivity contribution in [1.82, 2.24) is 9.96 Å². The number of carbonyl (C=O) groups excluding carboxylic acids is 1.